The summed E-state index contributed by atoms with van der Waals surface area (Å²) in [5.41, 5.74) is 4.66. The smallest absolute Gasteiger partial charge is 0.246 e. The molecule has 0 aliphatic heterocycles. The van der Waals surface area contributed by atoms with Crippen LogP contribution in [-0.2, 0) is 4.79 Å². The van der Waals surface area contributed by atoms with Gasteiger partial charge in [0.05, 0.1) is 11.9 Å². The second-order valence-electron chi connectivity index (χ2n) is 5.05. The second-order valence-corrected chi connectivity index (χ2v) is 7.41. The van der Waals surface area contributed by atoms with Crippen molar-refractivity contribution in [3.63, 3.8) is 0 Å². The van der Waals surface area contributed by atoms with Gasteiger partial charge in [0.1, 0.15) is 5.75 Å². The Bertz CT molecular complexity index is 716. The maximum absolute atomic E-state index is 11.2. The normalized spacial score (nSPS) is 12.6. The largest absolute Gasteiger partial charge is 0.466 e. The number of ether oxygens (including phenoxy) is 1. The van der Waals surface area contributed by atoms with Crippen molar-refractivity contribution in [2.45, 2.75) is 16.9 Å². The minimum atomic E-state index is -1.80. The van der Waals surface area contributed by atoms with E-state index in [0.717, 1.165) is 11.3 Å². The predicted octanol–water partition coefficient (Wildman–Crippen LogP) is 4.34. The molecule has 0 fully saturated rings. The van der Waals surface area contributed by atoms with Crippen LogP contribution in [0.4, 0.5) is 5.69 Å². The molecule has 0 saturated carbocycles. The summed E-state index contributed by atoms with van der Waals surface area (Å²) in [6, 6.07) is 16.5. The third-order valence-corrected chi connectivity index (χ3v) is 3.54. The molecule has 0 aliphatic rings. The number of hydrogen-bond donors (Lipinski definition) is 2. The Morgan fingerprint density at radius 1 is 1.12 bits per heavy atom. The lowest BCUT2D eigenvalue weighted by atomic mass is 10.2. The highest BCUT2D eigenvalue weighted by Gasteiger charge is 2.35. The first-order valence-corrected chi connectivity index (χ1v) is 8.42. The standard InChI is InChI=1S/C17H16Cl3N3O2/c1-12(24)22-16(17(18,19)20)25-15-9-7-13(8-10-15)11-21-23-14-5-3-2-4-6-14/h2-11,16,23H,1H3,(H,22,24)/b21-11-/t16-/m0/s1. The molecule has 2 N–H and O–H groups in total. The molecule has 132 valence electrons. The third-order valence-electron chi connectivity index (χ3n) is 2.95. The molecule has 0 aromatic heterocycles. The zero-order chi connectivity index (χ0) is 18.3. The van der Waals surface area contributed by atoms with Gasteiger partial charge < -0.3 is 10.1 Å². The molecule has 2 aromatic rings. The van der Waals surface area contributed by atoms with Crippen LogP contribution in [0.1, 0.15) is 12.5 Å². The van der Waals surface area contributed by atoms with Crippen LogP contribution in [0.3, 0.4) is 0 Å². The minimum Gasteiger partial charge on any atom is -0.466 e. The number of hydrogen-bond acceptors (Lipinski definition) is 4. The molecule has 1 amide bonds. The van der Waals surface area contributed by atoms with E-state index in [-0.39, 0.29) is 5.91 Å². The van der Waals surface area contributed by atoms with E-state index in [0.29, 0.717) is 5.75 Å². The molecule has 0 unspecified atom stereocenters. The number of hydrazone groups is 1. The summed E-state index contributed by atoms with van der Waals surface area (Å²) < 4.78 is 3.73. The van der Waals surface area contributed by atoms with E-state index in [9.17, 15) is 4.79 Å². The molecular formula is C17H16Cl3N3O2. The average Bonchev–Trinajstić information content (AvgIpc) is 2.55. The van der Waals surface area contributed by atoms with E-state index in [1.165, 1.54) is 6.92 Å². The summed E-state index contributed by atoms with van der Waals surface area (Å²) in [5.74, 6) is 0.0744. The van der Waals surface area contributed by atoms with Gasteiger partial charge in [0, 0.05) is 6.92 Å². The van der Waals surface area contributed by atoms with Gasteiger partial charge in [0.15, 0.2) is 0 Å². The fourth-order valence-electron chi connectivity index (χ4n) is 1.83. The van der Waals surface area contributed by atoms with Crippen molar-refractivity contribution in [1.82, 2.24) is 5.32 Å². The first-order valence-electron chi connectivity index (χ1n) is 7.29. The van der Waals surface area contributed by atoms with Crippen molar-refractivity contribution in [2.75, 3.05) is 5.43 Å². The fraction of sp³-hybridized carbons (Fsp3) is 0.176. The SMILES string of the molecule is CC(=O)N[C@@H](Oc1ccc(/C=N\Nc2ccccc2)cc1)C(Cl)(Cl)Cl. The summed E-state index contributed by atoms with van der Waals surface area (Å²) >= 11 is 17.4. The molecule has 2 aromatic carbocycles. The molecule has 0 radical (unpaired) electrons. The number of anilines is 1. The van der Waals surface area contributed by atoms with Crippen LogP contribution in [0.15, 0.2) is 59.7 Å². The van der Waals surface area contributed by atoms with E-state index in [4.69, 9.17) is 39.5 Å². The molecule has 0 aliphatic carbocycles. The molecule has 1 atom stereocenters. The van der Waals surface area contributed by atoms with Crippen LogP contribution >= 0.6 is 34.8 Å². The van der Waals surface area contributed by atoms with Gasteiger partial charge in [-0.2, -0.15) is 5.10 Å². The van der Waals surface area contributed by atoms with Crippen LogP contribution in [-0.4, -0.2) is 22.1 Å². The lowest BCUT2D eigenvalue weighted by molar-refractivity contribution is -0.121. The summed E-state index contributed by atoms with van der Waals surface area (Å²) in [4.78, 5) is 11.2. The molecule has 25 heavy (non-hydrogen) atoms. The number of nitrogens with one attached hydrogen (secondary N) is 2. The van der Waals surface area contributed by atoms with Crippen LogP contribution in [0.25, 0.3) is 0 Å². The molecule has 0 heterocycles. The average molecular weight is 401 g/mol. The molecule has 5 nitrogen and oxygen atoms in total. The molecule has 2 rings (SSSR count). The lowest BCUT2D eigenvalue weighted by Crippen LogP contribution is -2.47. The number of alkyl halides is 3. The summed E-state index contributed by atoms with van der Waals surface area (Å²) in [5, 5.41) is 6.59. The molecule has 0 bridgehead atoms. The lowest BCUT2D eigenvalue weighted by Gasteiger charge is -2.25. The van der Waals surface area contributed by atoms with Gasteiger partial charge in [-0.3, -0.25) is 10.2 Å². The number of carbonyl (C=O) groups is 1. The summed E-state index contributed by atoms with van der Waals surface area (Å²) in [7, 11) is 0. The van der Waals surface area contributed by atoms with Crippen molar-refractivity contribution in [3.8, 4) is 5.75 Å². The maximum Gasteiger partial charge on any atom is 0.246 e. The first-order chi connectivity index (χ1) is 11.8. The van der Waals surface area contributed by atoms with E-state index in [1.54, 1.807) is 30.5 Å². The van der Waals surface area contributed by atoms with E-state index < -0.39 is 10.0 Å². The van der Waals surface area contributed by atoms with Crippen molar-refractivity contribution in [1.29, 1.82) is 0 Å². The Morgan fingerprint density at radius 3 is 2.32 bits per heavy atom. The Hall–Kier alpha value is -1.95. The van der Waals surface area contributed by atoms with Crippen LogP contribution < -0.4 is 15.5 Å². The molecule has 8 heteroatoms. The van der Waals surface area contributed by atoms with Gasteiger partial charge >= 0.3 is 0 Å². The number of halogens is 3. The number of benzene rings is 2. The topological polar surface area (TPSA) is 62.7 Å². The van der Waals surface area contributed by atoms with Gasteiger partial charge in [-0.25, -0.2) is 0 Å². The van der Waals surface area contributed by atoms with Gasteiger partial charge in [-0.15, -0.1) is 0 Å². The van der Waals surface area contributed by atoms with Crippen LogP contribution in [0, 0.1) is 0 Å². The zero-order valence-electron chi connectivity index (χ0n) is 13.2. The van der Waals surface area contributed by atoms with Crippen LogP contribution in [0.5, 0.6) is 5.75 Å². The highest BCUT2D eigenvalue weighted by atomic mass is 35.6. The highest BCUT2D eigenvalue weighted by Crippen LogP contribution is 2.31. The van der Waals surface area contributed by atoms with Crippen LogP contribution in [0.2, 0.25) is 0 Å². The summed E-state index contributed by atoms with van der Waals surface area (Å²) in [6.07, 6.45) is 0.561. The van der Waals surface area contributed by atoms with Crippen molar-refractivity contribution < 1.29 is 9.53 Å². The predicted molar refractivity (Wildman–Crippen MR) is 103 cm³/mol. The van der Waals surface area contributed by atoms with E-state index in [1.807, 2.05) is 30.3 Å². The first kappa shape index (κ1) is 19.4. The Balaban J connectivity index is 1.97. The summed E-state index contributed by atoms with van der Waals surface area (Å²) in [6.45, 7) is 1.31. The van der Waals surface area contributed by atoms with E-state index >= 15 is 0 Å². The Morgan fingerprint density at radius 2 is 1.76 bits per heavy atom. The fourth-order valence-corrected chi connectivity index (χ4v) is 2.12. The third kappa shape index (κ3) is 6.82. The van der Waals surface area contributed by atoms with Gasteiger partial charge in [-0.1, -0.05) is 53.0 Å². The van der Waals surface area contributed by atoms with Gasteiger partial charge in [-0.05, 0) is 42.0 Å². The van der Waals surface area contributed by atoms with Gasteiger partial charge in [0.25, 0.3) is 0 Å². The number of carbonyl (C=O) groups excluding carboxylic acids is 1. The number of para-hydroxylation sites is 1. The second kappa shape index (κ2) is 8.94. The number of rotatable bonds is 6. The number of nitrogens with zero attached hydrogens (tertiary/aromatic N) is 1. The molecule has 0 spiro atoms. The monoisotopic (exact) mass is 399 g/mol. The maximum atomic E-state index is 11.2. The Labute approximate surface area is 160 Å². The molecule has 0 saturated heterocycles. The quantitative estimate of drug-likeness (QED) is 0.328. The van der Waals surface area contributed by atoms with Crippen molar-refractivity contribution in [2.24, 2.45) is 5.10 Å². The zero-order valence-corrected chi connectivity index (χ0v) is 15.5. The van der Waals surface area contributed by atoms with Gasteiger partial charge in [0.2, 0.25) is 15.9 Å². The number of amides is 1. The van der Waals surface area contributed by atoms with Crippen molar-refractivity contribution >= 4 is 52.6 Å². The van der Waals surface area contributed by atoms with E-state index in [2.05, 4.69) is 15.8 Å². The molecular weight excluding hydrogens is 385 g/mol. The highest BCUT2D eigenvalue weighted by molar-refractivity contribution is 6.68. The Kier molecular flexibility index (Phi) is 6.93. The van der Waals surface area contributed by atoms with Crippen molar-refractivity contribution in [3.05, 3.63) is 60.2 Å². The minimum absolute atomic E-state index is 0.368.